The van der Waals surface area contributed by atoms with Crippen LogP contribution in [0.4, 0.5) is 0 Å². The number of nitrogens with zero attached hydrogens (tertiary/aromatic N) is 1. The summed E-state index contributed by atoms with van der Waals surface area (Å²) in [6, 6.07) is 13.8. The van der Waals surface area contributed by atoms with Crippen molar-refractivity contribution < 1.29 is 23.8 Å². The van der Waals surface area contributed by atoms with Crippen molar-refractivity contribution >= 4 is 22.7 Å². The van der Waals surface area contributed by atoms with Gasteiger partial charge in [0.25, 0.3) is 5.56 Å². The van der Waals surface area contributed by atoms with E-state index in [4.69, 9.17) is 14.2 Å². The third kappa shape index (κ3) is 3.59. The van der Waals surface area contributed by atoms with Crippen LogP contribution in [0.3, 0.4) is 0 Å². The monoisotopic (exact) mass is 393 g/mol. The number of carbonyl (C=O) groups excluding carboxylic acids is 2. The molecule has 2 aromatic carbocycles. The topological polar surface area (TPSA) is 83.8 Å². The van der Waals surface area contributed by atoms with E-state index in [1.165, 1.54) is 10.8 Å². The maximum atomic E-state index is 13.0. The molecule has 1 unspecified atom stereocenters. The number of aromatic nitrogens is 1. The number of benzene rings is 2. The minimum Gasteiger partial charge on any atom is -0.494 e. The number of pyridine rings is 1. The third-order valence-electron chi connectivity index (χ3n) is 4.71. The molecule has 7 heteroatoms. The SMILES string of the molecule is CCOc1ccc(-n2cc(C(=O)OC3CCOC3=O)c3ccccc3c2=O)cc1. The molecule has 1 aliphatic rings. The Bertz CT molecular complexity index is 1130. The molecule has 0 aliphatic carbocycles. The molecule has 0 radical (unpaired) electrons. The minimum absolute atomic E-state index is 0.203. The molecule has 1 aliphatic heterocycles. The Labute approximate surface area is 166 Å². The highest BCUT2D eigenvalue weighted by molar-refractivity contribution is 6.04. The summed E-state index contributed by atoms with van der Waals surface area (Å²) in [5.41, 5.74) is 0.522. The lowest BCUT2D eigenvalue weighted by molar-refractivity contribution is -0.145. The second-order valence-electron chi connectivity index (χ2n) is 6.54. The normalized spacial score (nSPS) is 15.9. The average Bonchev–Trinajstić information content (AvgIpc) is 3.14. The predicted octanol–water partition coefficient (Wildman–Crippen LogP) is 2.86. The van der Waals surface area contributed by atoms with Gasteiger partial charge in [0, 0.05) is 29.1 Å². The minimum atomic E-state index is -0.924. The van der Waals surface area contributed by atoms with Crippen molar-refractivity contribution in [2.45, 2.75) is 19.4 Å². The molecular weight excluding hydrogens is 374 g/mol. The Hall–Kier alpha value is -3.61. The van der Waals surface area contributed by atoms with Gasteiger partial charge < -0.3 is 14.2 Å². The zero-order chi connectivity index (χ0) is 20.4. The maximum absolute atomic E-state index is 13.0. The van der Waals surface area contributed by atoms with E-state index >= 15 is 0 Å². The smallest absolute Gasteiger partial charge is 0.347 e. The van der Waals surface area contributed by atoms with Crippen molar-refractivity contribution in [3.63, 3.8) is 0 Å². The molecule has 1 fully saturated rings. The van der Waals surface area contributed by atoms with Gasteiger partial charge in [-0.25, -0.2) is 9.59 Å². The average molecular weight is 393 g/mol. The van der Waals surface area contributed by atoms with Gasteiger partial charge in [-0.15, -0.1) is 0 Å². The fourth-order valence-corrected chi connectivity index (χ4v) is 3.29. The summed E-state index contributed by atoms with van der Waals surface area (Å²) in [5.74, 6) is -0.545. The highest BCUT2D eigenvalue weighted by atomic mass is 16.6. The van der Waals surface area contributed by atoms with E-state index in [2.05, 4.69) is 0 Å². The van der Waals surface area contributed by atoms with Crippen LogP contribution in [-0.4, -0.2) is 35.8 Å². The molecule has 0 bridgehead atoms. The van der Waals surface area contributed by atoms with Gasteiger partial charge in [-0.05, 0) is 37.3 Å². The van der Waals surface area contributed by atoms with Crippen molar-refractivity contribution in [2.75, 3.05) is 13.2 Å². The molecule has 148 valence electrons. The fourth-order valence-electron chi connectivity index (χ4n) is 3.29. The summed E-state index contributed by atoms with van der Waals surface area (Å²) in [7, 11) is 0. The first-order valence-corrected chi connectivity index (χ1v) is 9.33. The number of carbonyl (C=O) groups is 2. The number of esters is 2. The van der Waals surface area contributed by atoms with Crippen LogP contribution in [0, 0.1) is 0 Å². The highest BCUT2D eigenvalue weighted by Crippen LogP contribution is 2.22. The molecule has 1 aromatic heterocycles. The Kier molecular flexibility index (Phi) is 5.03. The molecule has 29 heavy (non-hydrogen) atoms. The summed E-state index contributed by atoms with van der Waals surface area (Å²) in [4.78, 5) is 37.5. The summed E-state index contributed by atoms with van der Waals surface area (Å²) in [6.07, 6.45) is 0.844. The zero-order valence-electron chi connectivity index (χ0n) is 15.8. The summed E-state index contributed by atoms with van der Waals surface area (Å²) < 4.78 is 17.0. The molecule has 3 aromatic rings. The molecule has 0 amide bonds. The Balaban J connectivity index is 1.79. The standard InChI is InChI=1S/C22H19NO6/c1-2-27-15-9-7-14(8-10-15)23-13-18(16-5-3-4-6-17(16)20(23)24)21(25)29-19-11-12-28-22(19)26/h3-10,13,19H,2,11-12H2,1H3. The lowest BCUT2D eigenvalue weighted by Gasteiger charge is -2.14. The van der Waals surface area contributed by atoms with E-state index in [-0.39, 0.29) is 17.7 Å². The second-order valence-corrected chi connectivity index (χ2v) is 6.54. The van der Waals surface area contributed by atoms with Crippen LogP contribution in [0.1, 0.15) is 23.7 Å². The van der Waals surface area contributed by atoms with Gasteiger partial charge in [0.2, 0.25) is 6.10 Å². The number of ether oxygens (including phenoxy) is 3. The number of rotatable bonds is 5. The van der Waals surface area contributed by atoms with Crippen molar-refractivity contribution in [2.24, 2.45) is 0 Å². The van der Waals surface area contributed by atoms with E-state index < -0.39 is 18.0 Å². The quantitative estimate of drug-likeness (QED) is 0.620. The van der Waals surface area contributed by atoms with Crippen molar-refractivity contribution in [1.29, 1.82) is 0 Å². The van der Waals surface area contributed by atoms with E-state index in [0.717, 1.165) is 0 Å². The van der Waals surface area contributed by atoms with Gasteiger partial charge in [0.1, 0.15) is 5.75 Å². The number of cyclic esters (lactones) is 1. The van der Waals surface area contributed by atoms with E-state index in [1.54, 1.807) is 48.5 Å². The predicted molar refractivity (Wildman–Crippen MR) is 105 cm³/mol. The van der Waals surface area contributed by atoms with Crippen molar-refractivity contribution in [3.8, 4) is 11.4 Å². The first-order valence-electron chi connectivity index (χ1n) is 9.33. The molecule has 1 saturated heterocycles. The fraction of sp³-hybridized carbons (Fsp3) is 0.227. The molecule has 1 atom stereocenters. The maximum Gasteiger partial charge on any atom is 0.347 e. The molecule has 0 spiro atoms. The van der Waals surface area contributed by atoms with Crippen LogP contribution in [0.15, 0.2) is 59.5 Å². The van der Waals surface area contributed by atoms with Gasteiger partial charge in [-0.3, -0.25) is 9.36 Å². The Morgan fingerprint density at radius 3 is 2.48 bits per heavy atom. The molecule has 0 saturated carbocycles. The molecule has 7 nitrogen and oxygen atoms in total. The Morgan fingerprint density at radius 1 is 1.10 bits per heavy atom. The first kappa shape index (κ1) is 18.7. The molecular formula is C22H19NO6. The van der Waals surface area contributed by atoms with Crippen molar-refractivity contribution in [1.82, 2.24) is 4.57 Å². The summed E-state index contributed by atoms with van der Waals surface area (Å²) in [6.45, 7) is 2.65. The number of hydrogen-bond donors (Lipinski definition) is 0. The molecule has 2 heterocycles. The van der Waals surface area contributed by atoms with Crippen LogP contribution in [0.25, 0.3) is 16.5 Å². The van der Waals surface area contributed by atoms with Gasteiger partial charge in [-0.2, -0.15) is 0 Å². The van der Waals surface area contributed by atoms with Crippen LogP contribution < -0.4 is 10.3 Å². The van der Waals surface area contributed by atoms with E-state index in [9.17, 15) is 14.4 Å². The lowest BCUT2D eigenvalue weighted by Crippen LogP contribution is -2.25. The van der Waals surface area contributed by atoms with Crippen LogP contribution in [0.5, 0.6) is 5.75 Å². The highest BCUT2D eigenvalue weighted by Gasteiger charge is 2.31. The summed E-state index contributed by atoms with van der Waals surface area (Å²) >= 11 is 0. The first-order chi connectivity index (χ1) is 14.1. The van der Waals surface area contributed by atoms with Crippen LogP contribution >= 0.6 is 0 Å². The Morgan fingerprint density at radius 2 is 1.83 bits per heavy atom. The van der Waals surface area contributed by atoms with Gasteiger partial charge in [0.05, 0.1) is 18.8 Å². The van der Waals surface area contributed by atoms with Gasteiger partial charge in [-0.1, -0.05) is 18.2 Å². The largest absolute Gasteiger partial charge is 0.494 e. The number of fused-ring (bicyclic) bond motifs is 1. The zero-order valence-corrected chi connectivity index (χ0v) is 15.8. The third-order valence-corrected chi connectivity index (χ3v) is 4.71. The second kappa shape index (κ2) is 7.79. The van der Waals surface area contributed by atoms with Crippen LogP contribution in [0.2, 0.25) is 0 Å². The van der Waals surface area contributed by atoms with E-state index in [1.807, 2.05) is 6.92 Å². The van der Waals surface area contributed by atoms with Gasteiger partial charge in [0.15, 0.2) is 0 Å². The lowest BCUT2D eigenvalue weighted by atomic mass is 10.1. The summed E-state index contributed by atoms with van der Waals surface area (Å²) in [5, 5.41) is 0.848. The molecule has 4 rings (SSSR count). The van der Waals surface area contributed by atoms with Gasteiger partial charge >= 0.3 is 11.9 Å². The van der Waals surface area contributed by atoms with Crippen LogP contribution in [-0.2, 0) is 14.3 Å². The molecule has 0 N–H and O–H groups in total. The number of hydrogen-bond acceptors (Lipinski definition) is 6. The van der Waals surface area contributed by atoms with E-state index in [0.29, 0.717) is 35.2 Å². The van der Waals surface area contributed by atoms with Crippen molar-refractivity contribution in [3.05, 3.63) is 70.6 Å².